The van der Waals surface area contributed by atoms with Gasteiger partial charge in [0.2, 0.25) is 0 Å². The van der Waals surface area contributed by atoms with Gasteiger partial charge in [0.05, 0.1) is 0 Å². The molecule has 2 aromatic carbocycles. The molecule has 24 heavy (non-hydrogen) atoms. The molecule has 0 aliphatic carbocycles. The zero-order valence-electron chi connectivity index (χ0n) is 13.2. The van der Waals surface area contributed by atoms with E-state index >= 15 is 0 Å². The van der Waals surface area contributed by atoms with E-state index in [0.29, 0.717) is 0 Å². The van der Waals surface area contributed by atoms with Crippen LogP contribution < -0.4 is 0 Å². The smallest absolute Gasteiger partial charge is 0.410 e. The van der Waals surface area contributed by atoms with Crippen LogP contribution in [-0.4, -0.2) is 35.2 Å². The van der Waals surface area contributed by atoms with Crippen molar-refractivity contribution in [3.63, 3.8) is 0 Å². The van der Waals surface area contributed by atoms with Gasteiger partial charge < -0.3 is 9.84 Å². The monoisotopic (exact) mass is 331 g/mol. The van der Waals surface area contributed by atoms with Crippen molar-refractivity contribution in [2.45, 2.75) is 19.1 Å². The highest BCUT2D eigenvalue weighted by Gasteiger charge is 2.28. The highest BCUT2D eigenvalue weighted by Crippen LogP contribution is 2.14. The summed E-state index contributed by atoms with van der Waals surface area (Å²) >= 11 is 0. The first-order valence-electron chi connectivity index (χ1n) is 7.38. The Morgan fingerprint density at radius 1 is 1.12 bits per heavy atom. The predicted octanol–water partition coefficient (Wildman–Crippen LogP) is 3.09. The molecule has 5 nitrogen and oxygen atoms in total. The zero-order valence-corrected chi connectivity index (χ0v) is 13.2. The highest BCUT2D eigenvalue weighted by molar-refractivity contribution is 5.80. The molecule has 2 aromatic rings. The van der Waals surface area contributed by atoms with Gasteiger partial charge >= 0.3 is 12.1 Å². The Kier molecular flexibility index (Phi) is 5.89. The van der Waals surface area contributed by atoms with Gasteiger partial charge in [-0.25, -0.2) is 14.0 Å². The second kappa shape index (κ2) is 8.10. The first-order valence-corrected chi connectivity index (χ1v) is 7.38. The maximum Gasteiger partial charge on any atom is 0.410 e. The van der Waals surface area contributed by atoms with Gasteiger partial charge in [0, 0.05) is 13.5 Å². The van der Waals surface area contributed by atoms with Crippen molar-refractivity contribution in [1.82, 2.24) is 4.90 Å². The summed E-state index contributed by atoms with van der Waals surface area (Å²) in [6.45, 7) is 0.0377. The molecule has 0 spiro atoms. The SMILES string of the molecule is CN(C(=O)OCc1ccccc1)C(Cc1ccccc1F)C(=O)O. The minimum atomic E-state index is -1.22. The number of ether oxygens (including phenoxy) is 1. The van der Waals surface area contributed by atoms with Crippen molar-refractivity contribution in [3.05, 3.63) is 71.5 Å². The van der Waals surface area contributed by atoms with Crippen molar-refractivity contribution < 1.29 is 23.8 Å². The number of aliphatic carboxylic acids is 1. The summed E-state index contributed by atoms with van der Waals surface area (Å²) in [6.07, 6.45) is -0.915. The largest absolute Gasteiger partial charge is 0.480 e. The van der Waals surface area contributed by atoms with Gasteiger partial charge in [0.1, 0.15) is 18.5 Å². The molecule has 0 fully saturated rings. The van der Waals surface area contributed by atoms with E-state index in [-0.39, 0.29) is 18.6 Å². The van der Waals surface area contributed by atoms with E-state index in [4.69, 9.17) is 4.74 Å². The summed E-state index contributed by atoms with van der Waals surface area (Å²) in [5.41, 5.74) is 1.02. The van der Waals surface area contributed by atoms with E-state index in [9.17, 15) is 19.1 Å². The van der Waals surface area contributed by atoms with Crippen LogP contribution in [0.15, 0.2) is 54.6 Å². The lowest BCUT2D eigenvalue weighted by molar-refractivity contribution is -0.142. The van der Waals surface area contributed by atoms with Gasteiger partial charge in [0.15, 0.2) is 0 Å². The number of halogens is 1. The number of likely N-dealkylation sites (N-methyl/N-ethyl adjacent to an activating group) is 1. The number of amides is 1. The lowest BCUT2D eigenvalue weighted by Gasteiger charge is -2.24. The van der Waals surface area contributed by atoms with Crippen LogP contribution >= 0.6 is 0 Å². The molecule has 0 saturated carbocycles. The Morgan fingerprint density at radius 3 is 2.38 bits per heavy atom. The first-order chi connectivity index (χ1) is 11.5. The number of nitrogens with zero attached hydrogens (tertiary/aromatic N) is 1. The number of hydrogen-bond donors (Lipinski definition) is 1. The first kappa shape index (κ1) is 17.5. The van der Waals surface area contributed by atoms with Crippen LogP contribution in [0, 0.1) is 5.82 Å². The Morgan fingerprint density at radius 2 is 1.75 bits per heavy atom. The van der Waals surface area contributed by atoms with Crippen LogP contribution in [0.1, 0.15) is 11.1 Å². The van der Waals surface area contributed by atoms with Crippen molar-refractivity contribution in [2.24, 2.45) is 0 Å². The number of hydrogen-bond acceptors (Lipinski definition) is 3. The fourth-order valence-corrected chi connectivity index (χ4v) is 2.21. The quantitative estimate of drug-likeness (QED) is 0.883. The van der Waals surface area contributed by atoms with Gasteiger partial charge in [-0.15, -0.1) is 0 Å². The maximum absolute atomic E-state index is 13.7. The van der Waals surface area contributed by atoms with Crippen LogP contribution in [0.5, 0.6) is 0 Å². The van der Waals surface area contributed by atoms with Crippen molar-refractivity contribution in [3.8, 4) is 0 Å². The molecule has 0 aromatic heterocycles. The number of rotatable bonds is 6. The predicted molar refractivity (Wildman–Crippen MR) is 85.9 cm³/mol. The second-order valence-electron chi connectivity index (χ2n) is 5.30. The molecule has 0 heterocycles. The zero-order chi connectivity index (χ0) is 17.5. The fourth-order valence-electron chi connectivity index (χ4n) is 2.21. The van der Waals surface area contributed by atoms with Gasteiger partial charge in [0.25, 0.3) is 0 Å². The van der Waals surface area contributed by atoms with Crippen LogP contribution in [0.2, 0.25) is 0 Å². The van der Waals surface area contributed by atoms with Gasteiger partial charge in [-0.1, -0.05) is 48.5 Å². The third-order valence-electron chi connectivity index (χ3n) is 3.62. The molecule has 6 heteroatoms. The number of carboxylic acids is 1. The summed E-state index contributed by atoms with van der Waals surface area (Å²) in [5, 5.41) is 9.36. The van der Waals surface area contributed by atoms with Gasteiger partial charge in [-0.2, -0.15) is 0 Å². The summed E-state index contributed by atoms with van der Waals surface area (Å²) < 4.78 is 18.8. The van der Waals surface area contributed by atoms with Gasteiger partial charge in [-0.3, -0.25) is 4.90 Å². The molecular weight excluding hydrogens is 313 g/mol. The molecular formula is C18H18FNO4. The van der Waals surface area contributed by atoms with Crippen molar-refractivity contribution in [2.75, 3.05) is 7.05 Å². The number of carbonyl (C=O) groups excluding carboxylic acids is 1. The van der Waals surface area contributed by atoms with Crippen LogP contribution in [0.3, 0.4) is 0 Å². The van der Waals surface area contributed by atoms with E-state index in [2.05, 4.69) is 0 Å². The highest BCUT2D eigenvalue weighted by atomic mass is 19.1. The summed E-state index contributed by atoms with van der Waals surface area (Å²) in [5.74, 6) is -1.73. The molecule has 0 aliphatic rings. The molecule has 0 bridgehead atoms. The van der Waals surface area contributed by atoms with E-state index in [1.54, 1.807) is 18.2 Å². The second-order valence-corrected chi connectivity index (χ2v) is 5.30. The normalized spacial score (nSPS) is 11.6. The van der Waals surface area contributed by atoms with E-state index < -0.39 is 23.9 Å². The lowest BCUT2D eigenvalue weighted by Crippen LogP contribution is -2.44. The standard InChI is InChI=1S/C18H18FNO4/c1-20(18(23)24-12-13-7-3-2-4-8-13)16(17(21)22)11-14-9-5-6-10-15(14)19/h2-10,16H,11-12H2,1H3,(H,21,22). The third kappa shape index (κ3) is 4.55. The number of carboxylic acid groups (broad SMARTS) is 1. The number of carbonyl (C=O) groups is 2. The average molecular weight is 331 g/mol. The van der Waals surface area contributed by atoms with Crippen molar-refractivity contribution in [1.29, 1.82) is 0 Å². The summed E-state index contributed by atoms with van der Waals surface area (Å²) in [6, 6.07) is 13.7. The Labute approximate surface area is 139 Å². The molecule has 0 radical (unpaired) electrons. The molecule has 2 rings (SSSR count). The Balaban J connectivity index is 2.02. The fraction of sp³-hybridized carbons (Fsp3) is 0.222. The third-order valence-corrected chi connectivity index (χ3v) is 3.62. The molecule has 1 amide bonds. The molecule has 0 aliphatic heterocycles. The molecule has 0 saturated heterocycles. The Bertz CT molecular complexity index is 705. The lowest BCUT2D eigenvalue weighted by atomic mass is 10.0. The summed E-state index contributed by atoms with van der Waals surface area (Å²) in [4.78, 5) is 24.5. The minimum Gasteiger partial charge on any atom is -0.480 e. The van der Waals surface area contributed by atoms with E-state index in [1.807, 2.05) is 18.2 Å². The average Bonchev–Trinajstić information content (AvgIpc) is 2.59. The molecule has 126 valence electrons. The molecule has 1 unspecified atom stereocenters. The maximum atomic E-state index is 13.7. The van der Waals surface area contributed by atoms with Crippen LogP contribution in [0.25, 0.3) is 0 Å². The number of benzene rings is 2. The van der Waals surface area contributed by atoms with Crippen molar-refractivity contribution >= 4 is 12.1 Å². The van der Waals surface area contributed by atoms with Crippen LogP contribution in [0.4, 0.5) is 9.18 Å². The topological polar surface area (TPSA) is 66.8 Å². The molecule has 1 atom stereocenters. The van der Waals surface area contributed by atoms with Crippen LogP contribution in [-0.2, 0) is 22.6 Å². The van der Waals surface area contributed by atoms with E-state index in [1.165, 1.54) is 25.2 Å². The Hall–Kier alpha value is -2.89. The van der Waals surface area contributed by atoms with Gasteiger partial charge in [-0.05, 0) is 17.2 Å². The summed E-state index contributed by atoms with van der Waals surface area (Å²) in [7, 11) is 1.33. The molecule has 1 N–H and O–H groups in total. The van der Waals surface area contributed by atoms with E-state index in [0.717, 1.165) is 10.5 Å². The minimum absolute atomic E-state index is 0.0377.